The smallest absolute Gasteiger partial charge is 0.224 e. The highest BCUT2D eigenvalue weighted by Gasteiger charge is 2.43. The molecule has 11 heavy (non-hydrogen) atoms. The maximum Gasteiger partial charge on any atom is 0.224 e. The van der Waals surface area contributed by atoms with Gasteiger partial charge < -0.3 is 10.6 Å². The van der Waals surface area contributed by atoms with E-state index in [-0.39, 0.29) is 11.9 Å². The molecule has 3 atom stereocenters. The summed E-state index contributed by atoms with van der Waals surface area (Å²) in [6.07, 6.45) is 1.74. The van der Waals surface area contributed by atoms with Gasteiger partial charge in [0, 0.05) is 25.0 Å². The van der Waals surface area contributed by atoms with Crippen molar-refractivity contribution in [3.8, 4) is 0 Å². The van der Waals surface area contributed by atoms with Gasteiger partial charge >= 0.3 is 0 Å². The Bertz CT molecular complexity index is 193. The lowest BCUT2D eigenvalue weighted by Gasteiger charge is -2.14. The van der Waals surface area contributed by atoms with E-state index in [1.54, 1.807) is 0 Å². The minimum absolute atomic E-state index is 0.0929. The standard InChI is InChI=1S/C8H14N2O/c1-5-2-7(5)10-4-6(9)3-8(10)11/h5-7H,2-4,9H2,1H3/t5-,6+,7-/m1/s1. The quantitative estimate of drug-likeness (QED) is 0.576. The second kappa shape index (κ2) is 2.21. The zero-order chi connectivity index (χ0) is 8.01. The van der Waals surface area contributed by atoms with Gasteiger partial charge in [0.1, 0.15) is 0 Å². The summed E-state index contributed by atoms with van der Waals surface area (Å²) in [5.74, 6) is 0.969. The third kappa shape index (κ3) is 1.13. The van der Waals surface area contributed by atoms with E-state index in [1.165, 1.54) is 6.42 Å². The van der Waals surface area contributed by atoms with Crippen molar-refractivity contribution in [2.75, 3.05) is 6.54 Å². The van der Waals surface area contributed by atoms with Gasteiger partial charge in [-0.3, -0.25) is 4.79 Å². The Labute approximate surface area is 66.5 Å². The predicted molar refractivity (Wildman–Crippen MR) is 41.9 cm³/mol. The summed E-state index contributed by atoms with van der Waals surface area (Å²) in [5.41, 5.74) is 5.66. The number of nitrogens with zero attached hydrogens (tertiary/aromatic N) is 1. The molecule has 0 spiro atoms. The lowest BCUT2D eigenvalue weighted by atomic mass is 10.3. The van der Waals surface area contributed by atoms with Crippen LogP contribution in [-0.4, -0.2) is 29.4 Å². The Hall–Kier alpha value is -0.570. The lowest BCUT2D eigenvalue weighted by Crippen LogP contribution is -2.30. The van der Waals surface area contributed by atoms with E-state index < -0.39 is 0 Å². The topological polar surface area (TPSA) is 46.3 Å². The summed E-state index contributed by atoms with van der Waals surface area (Å²) in [6.45, 7) is 2.97. The fraction of sp³-hybridized carbons (Fsp3) is 0.875. The Morgan fingerprint density at radius 2 is 2.27 bits per heavy atom. The van der Waals surface area contributed by atoms with E-state index >= 15 is 0 Å². The van der Waals surface area contributed by atoms with Crippen LogP contribution in [0.5, 0.6) is 0 Å². The Balaban J connectivity index is 1.99. The summed E-state index contributed by atoms with van der Waals surface area (Å²) >= 11 is 0. The van der Waals surface area contributed by atoms with Crippen LogP contribution in [0.4, 0.5) is 0 Å². The van der Waals surface area contributed by atoms with E-state index in [4.69, 9.17) is 5.73 Å². The second-order valence-electron chi connectivity index (χ2n) is 3.79. The molecule has 1 aliphatic carbocycles. The van der Waals surface area contributed by atoms with Crippen LogP contribution in [0.15, 0.2) is 0 Å². The van der Waals surface area contributed by atoms with Gasteiger partial charge in [-0.1, -0.05) is 6.92 Å². The molecule has 62 valence electrons. The first-order chi connectivity index (χ1) is 5.18. The van der Waals surface area contributed by atoms with E-state index in [0.29, 0.717) is 18.4 Å². The maximum absolute atomic E-state index is 11.3. The van der Waals surface area contributed by atoms with Gasteiger partial charge in [0.25, 0.3) is 0 Å². The van der Waals surface area contributed by atoms with Crippen LogP contribution < -0.4 is 5.73 Å². The first-order valence-electron chi connectivity index (χ1n) is 4.23. The molecule has 2 rings (SSSR count). The number of carbonyl (C=O) groups excluding carboxylic acids is 1. The van der Waals surface area contributed by atoms with Gasteiger partial charge in [-0.15, -0.1) is 0 Å². The SMILES string of the molecule is C[C@@H]1C[C@H]1N1C[C@@H](N)CC1=O. The Morgan fingerprint density at radius 1 is 1.64 bits per heavy atom. The minimum atomic E-state index is 0.0929. The second-order valence-corrected chi connectivity index (χ2v) is 3.79. The van der Waals surface area contributed by atoms with E-state index in [1.807, 2.05) is 4.90 Å². The molecular weight excluding hydrogens is 140 g/mol. The third-order valence-electron chi connectivity index (χ3n) is 2.66. The third-order valence-corrected chi connectivity index (χ3v) is 2.66. The molecule has 1 saturated heterocycles. The molecule has 2 aliphatic rings. The van der Waals surface area contributed by atoms with E-state index in [9.17, 15) is 4.79 Å². The van der Waals surface area contributed by atoms with Gasteiger partial charge in [0.15, 0.2) is 0 Å². The van der Waals surface area contributed by atoms with Crippen molar-refractivity contribution < 1.29 is 4.79 Å². The summed E-state index contributed by atoms with van der Waals surface area (Å²) in [5, 5.41) is 0. The normalized spacial score (nSPS) is 43.3. The highest BCUT2D eigenvalue weighted by molar-refractivity contribution is 5.80. The monoisotopic (exact) mass is 154 g/mol. The molecular formula is C8H14N2O. The lowest BCUT2D eigenvalue weighted by molar-refractivity contribution is -0.128. The predicted octanol–water partition coefficient (Wildman–Crippen LogP) is -0.0456. The van der Waals surface area contributed by atoms with Crippen LogP contribution in [0, 0.1) is 5.92 Å². The largest absolute Gasteiger partial charge is 0.338 e. The first kappa shape index (κ1) is 7.10. The van der Waals surface area contributed by atoms with Crippen molar-refractivity contribution in [3.63, 3.8) is 0 Å². The minimum Gasteiger partial charge on any atom is -0.338 e. The molecule has 0 aromatic heterocycles. The fourth-order valence-corrected chi connectivity index (χ4v) is 1.82. The van der Waals surface area contributed by atoms with Crippen LogP contribution in [0.1, 0.15) is 19.8 Å². The number of rotatable bonds is 1. The number of hydrogen-bond acceptors (Lipinski definition) is 2. The summed E-state index contributed by atoms with van der Waals surface area (Å²) in [4.78, 5) is 13.2. The van der Waals surface area contributed by atoms with Crippen LogP contribution in [0.25, 0.3) is 0 Å². The molecule has 3 heteroatoms. The molecule has 1 amide bonds. The maximum atomic E-state index is 11.3. The van der Waals surface area contributed by atoms with Crippen LogP contribution in [0.3, 0.4) is 0 Å². The van der Waals surface area contributed by atoms with Crippen molar-refractivity contribution in [2.24, 2.45) is 11.7 Å². The van der Waals surface area contributed by atoms with Crippen LogP contribution >= 0.6 is 0 Å². The first-order valence-corrected chi connectivity index (χ1v) is 4.23. The van der Waals surface area contributed by atoms with Gasteiger partial charge in [0.2, 0.25) is 5.91 Å². The zero-order valence-corrected chi connectivity index (χ0v) is 6.79. The van der Waals surface area contributed by atoms with Crippen molar-refractivity contribution in [1.29, 1.82) is 0 Å². The summed E-state index contributed by atoms with van der Waals surface area (Å²) in [7, 11) is 0. The number of carbonyl (C=O) groups is 1. The molecule has 1 aliphatic heterocycles. The highest BCUT2D eigenvalue weighted by atomic mass is 16.2. The average molecular weight is 154 g/mol. The molecule has 0 aromatic carbocycles. The van der Waals surface area contributed by atoms with Crippen molar-refractivity contribution in [3.05, 3.63) is 0 Å². The molecule has 1 saturated carbocycles. The van der Waals surface area contributed by atoms with Crippen molar-refractivity contribution in [1.82, 2.24) is 4.90 Å². The van der Waals surface area contributed by atoms with Gasteiger partial charge in [0.05, 0.1) is 0 Å². The zero-order valence-electron chi connectivity index (χ0n) is 6.79. The molecule has 0 radical (unpaired) electrons. The Morgan fingerprint density at radius 3 is 2.64 bits per heavy atom. The van der Waals surface area contributed by atoms with Gasteiger partial charge in [-0.05, 0) is 12.3 Å². The number of likely N-dealkylation sites (tertiary alicyclic amines) is 1. The van der Waals surface area contributed by atoms with Gasteiger partial charge in [-0.2, -0.15) is 0 Å². The van der Waals surface area contributed by atoms with Crippen LogP contribution in [0.2, 0.25) is 0 Å². The molecule has 0 unspecified atom stereocenters. The molecule has 1 heterocycles. The number of amides is 1. The van der Waals surface area contributed by atoms with Crippen molar-refractivity contribution >= 4 is 5.91 Å². The Kier molecular flexibility index (Phi) is 1.42. The fourth-order valence-electron chi connectivity index (χ4n) is 1.82. The molecule has 0 aromatic rings. The molecule has 3 nitrogen and oxygen atoms in total. The van der Waals surface area contributed by atoms with E-state index in [0.717, 1.165) is 6.54 Å². The molecule has 0 bridgehead atoms. The van der Waals surface area contributed by atoms with E-state index in [2.05, 4.69) is 6.92 Å². The molecule has 2 fully saturated rings. The summed E-state index contributed by atoms with van der Waals surface area (Å²) < 4.78 is 0. The highest BCUT2D eigenvalue weighted by Crippen LogP contribution is 2.36. The average Bonchev–Trinajstić information content (AvgIpc) is 2.52. The number of nitrogens with two attached hydrogens (primary N) is 1. The summed E-state index contributed by atoms with van der Waals surface area (Å²) in [6, 6.07) is 0.617. The number of hydrogen-bond donors (Lipinski definition) is 1. The van der Waals surface area contributed by atoms with Crippen molar-refractivity contribution in [2.45, 2.75) is 31.8 Å². The van der Waals surface area contributed by atoms with Crippen LogP contribution in [-0.2, 0) is 4.79 Å². The van der Waals surface area contributed by atoms with Gasteiger partial charge in [-0.25, -0.2) is 0 Å². The molecule has 2 N–H and O–H groups in total.